The number of nitrogens with zero attached hydrogens (tertiary/aromatic N) is 5. The largest absolute Gasteiger partial charge is 0.368 e. The van der Waals surface area contributed by atoms with E-state index in [0.717, 1.165) is 14.6 Å². The Labute approximate surface area is 210 Å². The normalized spacial score (nSPS) is 14.6. The van der Waals surface area contributed by atoms with Crippen LogP contribution in [0.15, 0.2) is 50.9 Å². The highest BCUT2D eigenvalue weighted by molar-refractivity contribution is 7.89. The zero-order valence-corrected chi connectivity index (χ0v) is 22.0. The summed E-state index contributed by atoms with van der Waals surface area (Å²) < 4.78 is 29.7. The van der Waals surface area contributed by atoms with E-state index >= 15 is 0 Å². The van der Waals surface area contributed by atoms with Crippen LogP contribution in [0.2, 0.25) is 0 Å². The van der Waals surface area contributed by atoms with Crippen LogP contribution < -0.4 is 16.1 Å². The van der Waals surface area contributed by atoms with Gasteiger partial charge >= 0.3 is 5.69 Å². The third-order valence-corrected chi connectivity index (χ3v) is 8.64. The molecule has 0 atom stereocenters. The minimum Gasteiger partial charge on any atom is -0.368 e. The Morgan fingerprint density at radius 2 is 1.61 bits per heavy atom. The van der Waals surface area contributed by atoms with Gasteiger partial charge in [0.05, 0.1) is 22.3 Å². The second-order valence-electron chi connectivity index (χ2n) is 9.30. The quantitative estimate of drug-likeness (QED) is 0.500. The van der Waals surface area contributed by atoms with Crippen molar-refractivity contribution in [3.63, 3.8) is 0 Å². The molecule has 10 nitrogen and oxygen atoms in total. The number of carbonyl (C=O) groups excluding carboxylic acids is 1. The fourth-order valence-electron chi connectivity index (χ4n) is 4.55. The fraction of sp³-hybridized carbons (Fsp3) is 0.400. The van der Waals surface area contributed by atoms with Gasteiger partial charge in [-0.25, -0.2) is 13.2 Å². The van der Waals surface area contributed by atoms with Gasteiger partial charge in [-0.1, -0.05) is 12.1 Å². The summed E-state index contributed by atoms with van der Waals surface area (Å²) in [6, 6.07) is 10.3. The van der Waals surface area contributed by atoms with Gasteiger partial charge in [0.15, 0.2) is 0 Å². The second kappa shape index (κ2) is 9.55. The van der Waals surface area contributed by atoms with Crippen LogP contribution in [0, 0.1) is 13.8 Å². The zero-order chi connectivity index (χ0) is 26.4. The molecule has 3 aromatic rings. The van der Waals surface area contributed by atoms with E-state index in [2.05, 4.69) is 30.0 Å². The number of anilines is 1. The van der Waals surface area contributed by atoms with Crippen LogP contribution in [-0.2, 0) is 28.9 Å². The fourth-order valence-corrected chi connectivity index (χ4v) is 5.69. The number of hydrogen-bond donors (Lipinski definition) is 0. The summed E-state index contributed by atoms with van der Waals surface area (Å²) >= 11 is 0. The minimum absolute atomic E-state index is 0.110. The molecule has 0 aliphatic carbocycles. The Morgan fingerprint density at radius 3 is 2.28 bits per heavy atom. The van der Waals surface area contributed by atoms with Crippen molar-refractivity contribution in [2.45, 2.75) is 18.7 Å². The molecule has 0 unspecified atom stereocenters. The molecule has 1 aliphatic rings. The molecule has 0 bridgehead atoms. The number of likely N-dealkylation sites (N-methyl/N-ethyl adjacent to an activating group) is 1. The summed E-state index contributed by atoms with van der Waals surface area (Å²) in [5.41, 5.74) is 2.77. The van der Waals surface area contributed by atoms with E-state index in [9.17, 15) is 22.8 Å². The van der Waals surface area contributed by atoms with E-state index in [4.69, 9.17) is 0 Å². The highest BCUT2D eigenvalue weighted by Crippen LogP contribution is 2.23. The van der Waals surface area contributed by atoms with Crippen LogP contribution in [0.25, 0.3) is 10.9 Å². The minimum atomic E-state index is -4.04. The summed E-state index contributed by atoms with van der Waals surface area (Å²) in [7, 11) is 0.169. The first-order chi connectivity index (χ1) is 16.9. The van der Waals surface area contributed by atoms with Crippen molar-refractivity contribution in [2.24, 2.45) is 14.1 Å². The lowest BCUT2D eigenvalue weighted by Gasteiger charge is -2.37. The zero-order valence-electron chi connectivity index (χ0n) is 21.2. The lowest BCUT2D eigenvalue weighted by molar-refractivity contribution is -0.131. The summed E-state index contributed by atoms with van der Waals surface area (Å²) in [5, 5.41) is 0.114. The van der Waals surface area contributed by atoms with Gasteiger partial charge in [0, 0.05) is 53.0 Å². The molecule has 2 aromatic carbocycles. The Hall–Kier alpha value is -3.44. The maximum absolute atomic E-state index is 13.2. The molecule has 1 amide bonds. The molecule has 1 aliphatic heterocycles. The van der Waals surface area contributed by atoms with E-state index in [0.29, 0.717) is 31.7 Å². The van der Waals surface area contributed by atoms with Crippen molar-refractivity contribution in [3.05, 3.63) is 68.4 Å². The lowest BCUT2D eigenvalue weighted by Crippen LogP contribution is -2.51. The Balaban J connectivity index is 1.48. The highest BCUT2D eigenvalue weighted by Gasteiger charge is 2.28. The van der Waals surface area contributed by atoms with Crippen molar-refractivity contribution >= 4 is 32.5 Å². The number of benzene rings is 2. The molecule has 192 valence electrons. The number of piperazine rings is 1. The molecule has 4 rings (SSSR count). The smallest absolute Gasteiger partial charge is 0.330 e. The van der Waals surface area contributed by atoms with Crippen molar-refractivity contribution < 1.29 is 13.2 Å². The van der Waals surface area contributed by atoms with Crippen molar-refractivity contribution in [2.75, 3.05) is 44.7 Å². The van der Waals surface area contributed by atoms with Gasteiger partial charge in [0.1, 0.15) is 0 Å². The third-order valence-electron chi connectivity index (χ3n) is 6.84. The third kappa shape index (κ3) is 4.56. The lowest BCUT2D eigenvalue weighted by atomic mass is 10.1. The van der Waals surface area contributed by atoms with E-state index in [1.165, 1.54) is 55.0 Å². The van der Waals surface area contributed by atoms with Gasteiger partial charge in [-0.15, -0.1) is 0 Å². The van der Waals surface area contributed by atoms with Gasteiger partial charge in [-0.2, -0.15) is 4.31 Å². The molecular weight excluding hydrogens is 482 g/mol. The maximum atomic E-state index is 13.2. The first-order valence-electron chi connectivity index (χ1n) is 11.7. The molecule has 0 spiro atoms. The van der Waals surface area contributed by atoms with Gasteiger partial charge in [0.25, 0.3) is 5.56 Å². The molecule has 36 heavy (non-hydrogen) atoms. The predicted molar refractivity (Wildman–Crippen MR) is 139 cm³/mol. The molecular formula is C25H31N5O5S. The molecule has 0 N–H and O–H groups in total. The number of aromatic nitrogens is 2. The Kier molecular flexibility index (Phi) is 6.80. The molecule has 11 heteroatoms. The van der Waals surface area contributed by atoms with E-state index in [1.54, 1.807) is 4.90 Å². The number of sulfonamides is 1. The summed E-state index contributed by atoms with van der Waals surface area (Å²) in [5.74, 6) is -0.277. The van der Waals surface area contributed by atoms with Crippen molar-refractivity contribution in [1.29, 1.82) is 0 Å². The number of rotatable bonds is 5. The van der Waals surface area contributed by atoms with Crippen LogP contribution in [0.1, 0.15) is 11.1 Å². The number of aryl methyl sites for hydroxylation is 3. The molecule has 1 aromatic heterocycles. The number of carbonyl (C=O) groups is 1. The van der Waals surface area contributed by atoms with Crippen LogP contribution in [0.5, 0.6) is 0 Å². The Morgan fingerprint density at radius 1 is 0.944 bits per heavy atom. The average molecular weight is 514 g/mol. The van der Waals surface area contributed by atoms with Crippen LogP contribution in [0.3, 0.4) is 0 Å². The van der Waals surface area contributed by atoms with Gasteiger partial charge in [-0.05, 0) is 49.2 Å². The molecule has 0 saturated carbocycles. The van der Waals surface area contributed by atoms with Gasteiger partial charge in [-0.3, -0.25) is 18.7 Å². The summed E-state index contributed by atoms with van der Waals surface area (Å²) in [6.45, 7) is 6.13. The van der Waals surface area contributed by atoms with Crippen molar-refractivity contribution in [1.82, 2.24) is 18.3 Å². The molecule has 1 saturated heterocycles. The maximum Gasteiger partial charge on any atom is 0.330 e. The number of fused-ring (bicyclic) bond motifs is 1. The SMILES string of the molecule is Cc1ccc(C)c(N2CCN(C(=O)CN(C)S(=O)(=O)c3ccc4c(c3)c(=O)n(C)c(=O)n4C)CC2)c1. The van der Waals surface area contributed by atoms with Crippen LogP contribution in [0.4, 0.5) is 5.69 Å². The van der Waals surface area contributed by atoms with E-state index < -0.39 is 21.3 Å². The first kappa shape index (κ1) is 25.6. The predicted octanol–water partition coefficient (Wildman–Crippen LogP) is 0.823. The van der Waals surface area contributed by atoms with Gasteiger partial charge < -0.3 is 9.80 Å². The molecule has 0 radical (unpaired) electrons. The topological polar surface area (TPSA) is 105 Å². The standard InChI is InChI=1S/C25H31N5O5S/c1-17-6-7-18(2)22(14-17)29-10-12-30(13-11-29)23(31)16-26(3)36(34,35)19-8-9-21-20(15-19)24(32)28(5)25(33)27(21)4/h6-9,14-15H,10-13,16H2,1-5H3. The van der Waals surface area contributed by atoms with Crippen LogP contribution in [-0.4, -0.2) is 72.4 Å². The Bertz CT molecular complexity index is 1570. The highest BCUT2D eigenvalue weighted by atomic mass is 32.2. The monoisotopic (exact) mass is 513 g/mol. The van der Waals surface area contributed by atoms with E-state index in [-0.39, 0.29) is 22.7 Å². The van der Waals surface area contributed by atoms with Crippen LogP contribution >= 0.6 is 0 Å². The molecule has 2 heterocycles. The molecule has 1 fully saturated rings. The van der Waals surface area contributed by atoms with E-state index in [1.807, 2.05) is 6.92 Å². The number of hydrogen-bond acceptors (Lipinski definition) is 6. The summed E-state index contributed by atoms with van der Waals surface area (Å²) in [4.78, 5) is 41.5. The number of amides is 1. The second-order valence-corrected chi connectivity index (χ2v) is 11.3. The average Bonchev–Trinajstić information content (AvgIpc) is 2.87. The van der Waals surface area contributed by atoms with Gasteiger partial charge in [0.2, 0.25) is 15.9 Å². The first-order valence-corrected chi connectivity index (χ1v) is 13.1. The van der Waals surface area contributed by atoms with Crippen molar-refractivity contribution in [3.8, 4) is 0 Å². The summed E-state index contributed by atoms with van der Waals surface area (Å²) in [6.07, 6.45) is 0.